The van der Waals surface area contributed by atoms with E-state index in [9.17, 15) is 4.79 Å². The number of allylic oxidation sites excluding steroid dienone is 1. The van der Waals surface area contributed by atoms with Crippen molar-refractivity contribution < 1.29 is 9.53 Å². The lowest BCUT2D eigenvalue weighted by molar-refractivity contribution is -0.113. The van der Waals surface area contributed by atoms with Gasteiger partial charge in [-0.25, -0.2) is 0 Å². The predicted molar refractivity (Wildman–Crippen MR) is 131 cm³/mol. The first-order valence-corrected chi connectivity index (χ1v) is 11.7. The van der Waals surface area contributed by atoms with Crippen LogP contribution < -0.4 is 10.1 Å². The number of carbonyl (C=O) groups is 1. The minimum atomic E-state index is -0.135. The number of halogens is 1. The molecule has 0 aliphatic carbocycles. The molecule has 6 nitrogen and oxygen atoms in total. The molecule has 1 heterocycles. The zero-order chi connectivity index (χ0) is 23.1. The van der Waals surface area contributed by atoms with Crippen LogP contribution in [0.15, 0.2) is 60.3 Å². The number of carbonyl (C=O) groups excluding carboxylic acids is 1. The smallest absolute Gasteiger partial charge is 0.234 e. The topological polar surface area (TPSA) is 69.0 Å². The quantitative estimate of drug-likeness (QED) is 0.297. The van der Waals surface area contributed by atoms with Crippen LogP contribution >= 0.6 is 23.4 Å². The van der Waals surface area contributed by atoms with E-state index in [-0.39, 0.29) is 18.3 Å². The van der Waals surface area contributed by atoms with E-state index in [4.69, 9.17) is 16.3 Å². The zero-order valence-electron chi connectivity index (χ0n) is 18.5. The lowest BCUT2D eigenvalue weighted by Crippen LogP contribution is -2.15. The highest BCUT2D eigenvalue weighted by Gasteiger charge is 2.16. The Balaban J connectivity index is 1.66. The van der Waals surface area contributed by atoms with Gasteiger partial charge in [0.25, 0.3) is 0 Å². The van der Waals surface area contributed by atoms with E-state index in [1.807, 2.05) is 17.6 Å². The number of nitrogens with one attached hydrogen (secondary N) is 1. The Morgan fingerprint density at radius 1 is 1.25 bits per heavy atom. The zero-order valence-corrected chi connectivity index (χ0v) is 20.0. The van der Waals surface area contributed by atoms with Crippen LogP contribution in [0.4, 0.5) is 5.69 Å². The van der Waals surface area contributed by atoms with E-state index in [1.165, 1.54) is 11.8 Å². The van der Waals surface area contributed by atoms with E-state index < -0.39 is 0 Å². The second-order valence-corrected chi connectivity index (χ2v) is 9.01. The van der Waals surface area contributed by atoms with Gasteiger partial charge in [-0.2, -0.15) is 0 Å². The molecule has 32 heavy (non-hydrogen) atoms. The van der Waals surface area contributed by atoms with Gasteiger partial charge in [0.15, 0.2) is 11.0 Å². The molecule has 0 saturated carbocycles. The fourth-order valence-corrected chi connectivity index (χ4v) is 3.98. The molecule has 8 heteroatoms. The minimum Gasteiger partial charge on any atom is -0.485 e. The Kier molecular flexibility index (Phi) is 8.36. The van der Waals surface area contributed by atoms with Crippen LogP contribution in [0, 0.1) is 6.92 Å². The van der Waals surface area contributed by atoms with Gasteiger partial charge in [0.2, 0.25) is 5.91 Å². The number of amides is 1. The highest BCUT2D eigenvalue weighted by atomic mass is 35.5. The third-order valence-corrected chi connectivity index (χ3v) is 5.93. The molecule has 1 N–H and O–H groups in total. The lowest BCUT2D eigenvalue weighted by atomic mass is 10.0. The van der Waals surface area contributed by atoms with Crippen molar-refractivity contribution in [1.82, 2.24) is 14.8 Å². The first-order valence-electron chi connectivity index (χ1n) is 10.3. The molecule has 0 radical (unpaired) electrons. The summed E-state index contributed by atoms with van der Waals surface area (Å²) in [6.07, 6.45) is 1.77. The first-order chi connectivity index (χ1) is 15.4. The van der Waals surface area contributed by atoms with E-state index >= 15 is 0 Å². The highest BCUT2D eigenvalue weighted by molar-refractivity contribution is 7.99. The van der Waals surface area contributed by atoms with Gasteiger partial charge in [0.1, 0.15) is 12.4 Å². The molecule has 0 aliphatic heterocycles. The minimum absolute atomic E-state index is 0.135. The molecule has 3 rings (SSSR count). The van der Waals surface area contributed by atoms with Crippen LogP contribution in [-0.2, 0) is 17.9 Å². The molecule has 2 aromatic carbocycles. The number of ether oxygens (including phenoxy) is 1. The van der Waals surface area contributed by atoms with Crippen molar-refractivity contribution in [2.24, 2.45) is 0 Å². The second kappa shape index (κ2) is 11.2. The Morgan fingerprint density at radius 2 is 2.00 bits per heavy atom. The lowest BCUT2D eigenvalue weighted by Gasteiger charge is -2.15. The molecule has 3 aromatic rings. The van der Waals surface area contributed by atoms with Gasteiger partial charge < -0.3 is 10.1 Å². The second-order valence-electron chi connectivity index (χ2n) is 7.63. The van der Waals surface area contributed by atoms with E-state index in [2.05, 4.69) is 48.1 Å². The van der Waals surface area contributed by atoms with Crippen molar-refractivity contribution in [3.63, 3.8) is 0 Å². The summed E-state index contributed by atoms with van der Waals surface area (Å²) in [7, 11) is 0. The Labute approximate surface area is 198 Å². The van der Waals surface area contributed by atoms with E-state index in [0.29, 0.717) is 34.2 Å². The maximum Gasteiger partial charge on any atom is 0.234 e. The standard InChI is InChI=1S/C24H27ClN4O2S/c1-5-12-29-22(14-31-21-13-17(4)6-11-20(21)16(2)3)27-28-24(29)32-15-23(30)26-19-9-7-18(25)8-10-19/h5-11,13,16H,1,12,14-15H2,2-4H3,(H,26,30). The summed E-state index contributed by atoms with van der Waals surface area (Å²) in [4.78, 5) is 12.3. The molecular weight excluding hydrogens is 444 g/mol. The van der Waals surface area contributed by atoms with Crippen molar-refractivity contribution >= 4 is 35.0 Å². The number of benzene rings is 2. The van der Waals surface area contributed by atoms with Crippen molar-refractivity contribution in [2.45, 2.75) is 45.0 Å². The van der Waals surface area contributed by atoms with Crippen LogP contribution in [0.25, 0.3) is 0 Å². The Morgan fingerprint density at radius 3 is 2.69 bits per heavy atom. The summed E-state index contributed by atoms with van der Waals surface area (Å²) in [5.74, 6) is 1.95. The fraction of sp³-hybridized carbons (Fsp3) is 0.292. The van der Waals surface area contributed by atoms with Crippen LogP contribution in [0.1, 0.15) is 36.7 Å². The average Bonchev–Trinajstić information content (AvgIpc) is 3.14. The number of hydrogen-bond donors (Lipinski definition) is 1. The Bertz CT molecular complexity index is 1080. The van der Waals surface area contributed by atoms with Gasteiger partial charge in [-0.05, 0) is 54.3 Å². The van der Waals surface area contributed by atoms with Crippen LogP contribution in [-0.4, -0.2) is 26.4 Å². The molecule has 0 saturated heterocycles. The largest absolute Gasteiger partial charge is 0.485 e. The first kappa shape index (κ1) is 23.9. The molecule has 0 atom stereocenters. The van der Waals surface area contributed by atoms with E-state index in [1.54, 1.807) is 30.3 Å². The van der Waals surface area contributed by atoms with E-state index in [0.717, 1.165) is 16.9 Å². The van der Waals surface area contributed by atoms with Gasteiger partial charge in [-0.1, -0.05) is 55.4 Å². The SMILES string of the molecule is C=CCn1c(COc2cc(C)ccc2C(C)C)nnc1SCC(=O)Nc1ccc(Cl)cc1. The number of hydrogen-bond acceptors (Lipinski definition) is 5. The maximum absolute atomic E-state index is 12.3. The number of thioether (sulfide) groups is 1. The van der Waals surface area contributed by atoms with Crippen LogP contribution in [0.2, 0.25) is 5.02 Å². The highest BCUT2D eigenvalue weighted by Crippen LogP contribution is 2.28. The molecule has 168 valence electrons. The predicted octanol–water partition coefficient (Wildman–Crippen LogP) is 5.86. The molecule has 1 amide bonds. The van der Waals surface area contributed by atoms with Crippen molar-refractivity contribution in [3.05, 3.63) is 77.1 Å². The number of aryl methyl sites for hydroxylation is 1. The third-order valence-electron chi connectivity index (χ3n) is 4.71. The third kappa shape index (κ3) is 6.37. The normalized spacial score (nSPS) is 10.9. The van der Waals surface area contributed by atoms with Crippen LogP contribution in [0.5, 0.6) is 5.75 Å². The van der Waals surface area contributed by atoms with Crippen molar-refractivity contribution in [3.8, 4) is 5.75 Å². The van der Waals surface area contributed by atoms with Gasteiger partial charge in [-0.15, -0.1) is 16.8 Å². The summed E-state index contributed by atoms with van der Waals surface area (Å²) >= 11 is 7.20. The number of rotatable bonds is 10. The molecule has 0 bridgehead atoms. The molecule has 0 aliphatic rings. The number of anilines is 1. The number of nitrogens with zero attached hydrogens (tertiary/aromatic N) is 3. The summed E-state index contributed by atoms with van der Waals surface area (Å²) in [5.41, 5.74) is 2.99. The molecular formula is C24H27ClN4O2S. The van der Waals surface area contributed by atoms with Crippen molar-refractivity contribution in [2.75, 3.05) is 11.1 Å². The summed E-state index contributed by atoms with van der Waals surface area (Å²) < 4.78 is 8.04. The fourth-order valence-electron chi connectivity index (χ4n) is 3.09. The molecule has 0 fully saturated rings. The van der Waals surface area contributed by atoms with Gasteiger partial charge in [0.05, 0.1) is 5.75 Å². The van der Waals surface area contributed by atoms with Gasteiger partial charge in [-0.3, -0.25) is 9.36 Å². The summed E-state index contributed by atoms with van der Waals surface area (Å²) in [5, 5.41) is 12.7. The molecule has 0 unspecified atom stereocenters. The Hall–Kier alpha value is -2.77. The molecule has 0 spiro atoms. The monoisotopic (exact) mass is 470 g/mol. The summed E-state index contributed by atoms with van der Waals surface area (Å²) in [6.45, 7) is 11.0. The van der Waals surface area contributed by atoms with Crippen LogP contribution in [0.3, 0.4) is 0 Å². The average molecular weight is 471 g/mol. The van der Waals surface area contributed by atoms with Crippen molar-refractivity contribution in [1.29, 1.82) is 0 Å². The van der Waals surface area contributed by atoms with Gasteiger partial charge in [0, 0.05) is 17.3 Å². The maximum atomic E-state index is 12.3. The summed E-state index contributed by atoms with van der Waals surface area (Å²) in [6, 6.07) is 13.2. The molecule has 1 aromatic heterocycles. The van der Waals surface area contributed by atoms with Gasteiger partial charge >= 0.3 is 0 Å². The number of aromatic nitrogens is 3.